The highest BCUT2D eigenvalue weighted by Crippen LogP contribution is 1.94. The second-order valence-electron chi connectivity index (χ2n) is 2.90. The number of carbonyl (C=O) groups is 1. The molecule has 5 nitrogen and oxygen atoms in total. The van der Waals surface area contributed by atoms with Crippen molar-refractivity contribution in [2.75, 3.05) is 27.2 Å². The van der Waals surface area contributed by atoms with E-state index < -0.39 is 0 Å². The third-order valence-corrected chi connectivity index (χ3v) is 1.49. The van der Waals surface area contributed by atoms with Gasteiger partial charge in [-0.25, -0.2) is 9.78 Å². The first-order chi connectivity index (χ1) is 6.20. The first-order valence-corrected chi connectivity index (χ1v) is 4.00. The number of carbonyl (C=O) groups excluding carboxylic acids is 1. The first-order valence-electron chi connectivity index (χ1n) is 4.00. The van der Waals surface area contributed by atoms with Crippen LogP contribution in [0, 0.1) is 0 Å². The van der Waals surface area contributed by atoms with Crippen molar-refractivity contribution in [2.45, 2.75) is 0 Å². The molecule has 0 saturated heterocycles. The Morgan fingerprint density at radius 3 is 3.00 bits per heavy atom. The van der Waals surface area contributed by atoms with E-state index in [9.17, 15) is 4.79 Å². The lowest BCUT2D eigenvalue weighted by Crippen LogP contribution is -2.20. The smallest absolute Gasteiger partial charge is 0.356 e. The maximum Gasteiger partial charge on any atom is 0.356 e. The first kappa shape index (κ1) is 9.73. The predicted molar refractivity (Wildman–Crippen MR) is 47.4 cm³/mol. The predicted octanol–water partition coefficient (Wildman–Crippen LogP) is 0.128. The van der Waals surface area contributed by atoms with E-state index in [1.807, 2.05) is 19.0 Å². The average molecular weight is 183 g/mol. The van der Waals surface area contributed by atoms with Crippen LogP contribution in [0.15, 0.2) is 12.5 Å². The van der Waals surface area contributed by atoms with Gasteiger partial charge in [0.05, 0.1) is 12.5 Å². The van der Waals surface area contributed by atoms with Crippen LogP contribution in [0.5, 0.6) is 0 Å². The standard InChI is InChI=1S/C8H13N3O2/c1-11(2)3-4-13-8(12)7-5-9-6-10-7/h5-6H,3-4H2,1-2H3,(H,9,10). The minimum absolute atomic E-state index is 0.362. The SMILES string of the molecule is CN(C)CCOC(=O)c1cnc[nH]1. The monoisotopic (exact) mass is 183 g/mol. The maximum absolute atomic E-state index is 11.2. The molecule has 0 aliphatic rings. The number of hydrogen-bond donors (Lipinski definition) is 1. The van der Waals surface area contributed by atoms with Crippen LogP contribution in [0.3, 0.4) is 0 Å². The molecule has 1 aromatic heterocycles. The molecular formula is C8H13N3O2. The molecule has 0 atom stereocenters. The Morgan fingerprint density at radius 2 is 2.46 bits per heavy atom. The summed E-state index contributed by atoms with van der Waals surface area (Å²) in [4.78, 5) is 19.5. The second-order valence-corrected chi connectivity index (χ2v) is 2.90. The van der Waals surface area contributed by atoms with Crippen molar-refractivity contribution in [2.24, 2.45) is 0 Å². The second kappa shape index (κ2) is 4.61. The molecule has 13 heavy (non-hydrogen) atoms. The molecule has 1 heterocycles. The van der Waals surface area contributed by atoms with Crippen molar-refractivity contribution in [1.29, 1.82) is 0 Å². The summed E-state index contributed by atoms with van der Waals surface area (Å²) in [5.74, 6) is -0.362. The van der Waals surface area contributed by atoms with Crippen LogP contribution < -0.4 is 0 Å². The number of aromatic nitrogens is 2. The molecule has 0 aliphatic heterocycles. The van der Waals surface area contributed by atoms with Crippen LogP contribution in [0.1, 0.15) is 10.5 Å². The lowest BCUT2D eigenvalue weighted by Gasteiger charge is -2.08. The highest BCUT2D eigenvalue weighted by molar-refractivity contribution is 5.86. The summed E-state index contributed by atoms with van der Waals surface area (Å²) < 4.78 is 4.95. The molecule has 0 bridgehead atoms. The Morgan fingerprint density at radius 1 is 1.69 bits per heavy atom. The summed E-state index contributed by atoms with van der Waals surface area (Å²) in [7, 11) is 3.84. The Hall–Kier alpha value is -1.36. The van der Waals surface area contributed by atoms with Gasteiger partial charge in [0.2, 0.25) is 0 Å². The van der Waals surface area contributed by atoms with E-state index in [0.717, 1.165) is 6.54 Å². The molecule has 1 rings (SSSR count). The van der Waals surface area contributed by atoms with Gasteiger partial charge in [0.1, 0.15) is 12.3 Å². The van der Waals surface area contributed by atoms with Gasteiger partial charge in [-0.2, -0.15) is 0 Å². The molecule has 1 aromatic rings. The van der Waals surface area contributed by atoms with Crippen molar-refractivity contribution < 1.29 is 9.53 Å². The van der Waals surface area contributed by atoms with Crippen molar-refractivity contribution in [3.05, 3.63) is 18.2 Å². The Labute approximate surface area is 76.7 Å². The third-order valence-electron chi connectivity index (χ3n) is 1.49. The minimum atomic E-state index is -0.362. The summed E-state index contributed by atoms with van der Waals surface area (Å²) in [6.07, 6.45) is 2.89. The van der Waals surface area contributed by atoms with Gasteiger partial charge in [-0.1, -0.05) is 0 Å². The van der Waals surface area contributed by atoms with Gasteiger partial charge in [-0.15, -0.1) is 0 Å². The van der Waals surface area contributed by atoms with Crippen molar-refractivity contribution in [1.82, 2.24) is 14.9 Å². The van der Waals surface area contributed by atoms with E-state index in [4.69, 9.17) is 4.74 Å². The van der Waals surface area contributed by atoms with Crippen molar-refractivity contribution in [3.63, 3.8) is 0 Å². The number of hydrogen-bond acceptors (Lipinski definition) is 4. The Kier molecular flexibility index (Phi) is 3.45. The number of imidazole rings is 1. The number of H-pyrrole nitrogens is 1. The fourth-order valence-corrected chi connectivity index (χ4v) is 0.766. The lowest BCUT2D eigenvalue weighted by atomic mass is 10.5. The van der Waals surface area contributed by atoms with E-state index in [2.05, 4.69) is 9.97 Å². The molecule has 1 N–H and O–H groups in total. The molecule has 0 aliphatic carbocycles. The largest absolute Gasteiger partial charge is 0.460 e. The van der Waals surface area contributed by atoms with Crippen LogP contribution in [0.25, 0.3) is 0 Å². The van der Waals surface area contributed by atoms with Crippen LogP contribution in [0.4, 0.5) is 0 Å². The van der Waals surface area contributed by atoms with E-state index in [1.165, 1.54) is 12.5 Å². The van der Waals surface area contributed by atoms with Gasteiger partial charge < -0.3 is 14.6 Å². The Balaban J connectivity index is 2.27. The van der Waals surface area contributed by atoms with Crippen LogP contribution in [-0.4, -0.2) is 48.1 Å². The topological polar surface area (TPSA) is 58.2 Å². The fraction of sp³-hybridized carbons (Fsp3) is 0.500. The number of likely N-dealkylation sites (N-methyl/N-ethyl adjacent to an activating group) is 1. The van der Waals surface area contributed by atoms with Gasteiger partial charge in [-0.05, 0) is 14.1 Å². The fourth-order valence-electron chi connectivity index (χ4n) is 0.766. The zero-order chi connectivity index (χ0) is 9.68. The number of rotatable bonds is 4. The molecule has 0 aromatic carbocycles. The lowest BCUT2D eigenvalue weighted by molar-refractivity contribution is 0.0475. The molecular weight excluding hydrogens is 170 g/mol. The number of aromatic amines is 1. The highest BCUT2D eigenvalue weighted by atomic mass is 16.5. The maximum atomic E-state index is 11.2. The quantitative estimate of drug-likeness (QED) is 0.674. The van der Waals surface area contributed by atoms with E-state index in [-0.39, 0.29) is 5.97 Å². The number of nitrogens with zero attached hydrogens (tertiary/aromatic N) is 2. The van der Waals surface area contributed by atoms with Gasteiger partial charge in [0.15, 0.2) is 0 Å². The highest BCUT2D eigenvalue weighted by Gasteiger charge is 2.07. The third kappa shape index (κ3) is 3.25. The van der Waals surface area contributed by atoms with Crippen molar-refractivity contribution in [3.8, 4) is 0 Å². The number of esters is 1. The van der Waals surface area contributed by atoms with Gasteiger partial charge >= 0.3 is 5.97 Å². The number of ether oxygens (including phenoxy) is 1. The zero-order valence-electron chi connectivity index (χ0n) is 7.78. The van der Waals surface area contributed by atoms with Crippen molar-refractivity contribution >= 4 is 5.97 Å². The van der Waals surface area contributed by atoms with Gasteiger partial charge in [-0.3, -0.25) is 0 Å². The van der Waals surface area contributed by atoms with Crippen LogP contribution >= 0.6 is 0 Å². The number of nitrogens with one attached hydrogen (secondary N) is 1. The summed E-state index contributed by atoms with van der Waals surface area (Å²) in [5, 5.41) is 0. The van der Waals surface area contributed by atoms with Crippen LogP contribution in [-0.2, 0) is 4.74 Å². The molecule has 0 spiro atoms. The van der Waals surface area contributed by atoms with Gasteiger partial charge in [0.25, 0.3) is 0 Å². The molecule has 0 amide bonds. The summed E-state index contributed by atoms with van der Waals surface area (Å²) in [6.45, 7) is 1.12. The molecule has 0 saturated carbocycles. The molecule has 0 fully saturated rings. The van der Waals surface area contributed by atoms with E-state index >= 15 is 0 Å². The van der Waals surface area contributed by atoms with E-state index in [0.29, 0.717) is 12.3 Å². The molecule has 0 radical (unpaired) electrons. The molecule has 0 unspecified atom stereocenters. The normalized spacial score (nSPS) is 10.4. The summed E-state index contributed by atoms with van der Waals surface area (Å²) in [5.41, 5.74) is 0.388. The van der Waals surface area contributed by atoms with E-state index in [1.54, 1.807) is 0 Å². The summed E-state index contributed by atoms with van der Waals surface area (Å²) in [6, 6.07) is 0. The molecule has 5 heteroatoms. The van der Waals surface area contributed by atoms with Crippen LogP contribution in [0.2, 0.25) is 0 Å². The minimum Gasteiger partial charge on any atom is -0.460 e. The Bertz CT molecular complexity index is 256. The van der Waals surface area contributed by atoms with Gasteiger partial charge in [0, 0.05) is 6.54 Å². The molecule has 72 valence electrons. The zero-order valence-corrected chi connectivity index (χ0v) is 7.78. The summed E-state index contributed by atoms with van der Waals surface area (Å²) >= 11 is 0. The average Bonchev–Trinajstić information content (AvgIpc) is 2.55.